The molecule has 0 heterocycles. The Kier molecular flexibility index (Phi) is 6.16. The number of rotatable bonds is 7. The molecule has 0 aliphatic heterocycles. The highest BCUT2D eigenvalue weighted by atomic mass is 19.1. The fourth-order valence-electron chi connectivity index (χ4n) is 1.91. The van der Waals surface area contributed by atoms with Gasteiger partial charge in [-0.15, -0.1) is 0 Å². The molecule has 96 valence electrons. The average molecular weight is 238 g/mol. The van der Waals surface area contributed by atoms with Crippen molar-refractivity contribution in [2.45, 2.75) is 39.8 Å². The number of hydrogen-bond acceptors (Lipinski definition) is 2. The van der Waals surface area contributed by atoms with Crippen molar-refractivity contribution in [2.24, 2.45) is 5.73 Å². The normalized spacial score (nSPS) is 11.1. The fourth-order valence-corrected chi connectivity index (χ4v) is 1.91. The average Bonchev–Trinajstić information content (AvgIpc) is 2.34. The first-order chi connectivity index (χ1) is 8.21. The summed E-state index contributed by atoms with van der Waals surface area (Å²) in [6.07, 6.45) is 2.37. The summed E-state index contributed by atoms with van der Waals surface area (Å²) in [7, 11) is 0. The molecular weight excluding hydrogens is 215 g/mol. The van der Waals surface area contributed by atoms with Crippen LogP contribution in [0.15, 0.2) is 18.2 Å². The molecule has 0 radical (unpaired) electrons. The lowest BCUT2D eigenvalue weighted by Gasteiger charge is -2.21. The molecule has 0 saturated carbocycles. The number of hydrogen-bond donors (Lipinski definition) is 1. The lowest BCUT2D eigenvalue weighted by molar-refractivity contribution is 0.274. The lowest BCUT2D eigenvalue weighted by Crippen LogP contribution is -2.25. The van der Waals surface area contributed by atoms with Gasteiger partial charge in [0.1, 0.15) is 5.82 Å². The molecule has 1 aromatic rings. The fraction of sp³-hybridized carbons (Fsp3) is 0.571. The van der Waals surface area contributed by atoms with Crippen LogP contribution in [0.3, 0.4) is 0 Å². The van der Waals surface area contributed by atoms with Crippen LogP contribution in [0.25, 0.3) is 0 Å². The van der Waals surface area contributed by atoms with Crippen LogP contribution >= 0.6 is 0 Å². The predicted octanol–water partition coefficient (Wildman–Crippen LogP) is 2.91. The Morgan fingerprint density at radius 1 is 1.24 bits per heavy atom. The van der Waals surface area contributed by atoms with Crippen LogP contribution in [-0.2, 0) is 13.1 Å². The second kappa shape index (κ2) is 7.41. The molecular formula is C14H23FN2. The summed E-state index contributed by atoms with van der Waals surface area (Å²) in [4.78, 5) is 2.33. The highest BCUT2D eigenvalue weighted by Crippen LogP contribution is 2.14. The van der Waals surface area contributed by atoms with Gasteiger partial charge in [0.15, 0.2) is 0 Å². The van der Waals surface area contributed by atoms with Gasteiger partial charge >= 0.3 is 0 Å². The van der Waals surface area contributed by atoms with Gasteiger partial charge in [0.05, 0.1) is 0 Å². The van der Waals surface area contributed by atoms with Crippen molar-refractivity contribution in [1.29, 1.82) is 0 Å². The third-order valence-electron chi connectivity index (χ3n) is 3.06. The largest absolute Gasteiger partial charge is 0.326 e. The molecule has 2 nitrogen and oxygen atoms in total. The van der Waals surface area contributed by atoms with Gasteiger partial charge in [0.2, 0.25) is 0 Å². The van der Waals surface area contributed by atoms with Gasteiger partial charge in [0.25, 0.3) is 0 Å². The Labute approximate surface area is 104 Å². The van der Waals surface area contributed by atoms with Crippen LogP contribution in [0.1, 0.15) is 37.8 Å². The SMILES string of the molecule is CCCCN(CC)Cc1cc(F)ccc1CN. The van der Waals surface area contributed by atoms with Crippen molar-refractivity contribution in [3.63, 3.8) is 0 Å². The first kappa shape index (κ1) is 14.1. The molecule has 0 aliphatic rings. The number of nitrogens with two attached hydrogens (primary N) is 1. The molecule has 17 heavy (non-hydrogen) atoms. The third-order valence-corrected chi connectivity index (χ3v) is 3.06. The smallest absolute Gasteiger partial charge is 0.123 e. The van der Waals surface area contributed by atoms with Crippen LogP contribution in [0.5, 0.6) is 0 Å². The molecule has 3 heteroatoms. The molecule has 0 aliphatic carbocycles. The number of halogens is 1. The maximum Gasteiger partial charge on any atom is 0.123 e. The standard InChI is InChI=1S/C14H23FN2/c1-3-5-8-17(4-2)11-13-9-14(15)7-6-12(13)10-16/h6-7,9H,3-5,8,10-11,16H2,1-2H3. The summed E-state index contributed by atoms with van der Waals surface area (Å²) >= 11 is 0. The summed E-state index contributed by atoms with van der Waals surface area (Å²) in [6.45, 7) is 7.63. The summed E-state index contributed by atoms with van der Waals surface area (Å²) in [5.74, 6) is -0.177. The molecule has 0 aromatic heterocycles. The molecule has 0 bridgehead atoms. The Bertz CT molecular complexity index is 339. The summed E-state index contributed by atoms with van der Waals surface area (Å²) in [5, 5.41) is 0. The Balaban J connectivity index is 2.73. The quantitative estimate of drug-likeness (QED) is 0.791. The van der Waals surface area contributed by atoms with Crippen LogP contribution in [0.2, 0.25) is 0 Å². The van der Waals surface area contributed by atoms with Crippen molar-refractivity contribution in [3.05, 3.63) is 35.1 Å². The van der Waals surface area contributed by atoms with Gasteiger partial charge in [-0.2, -0.15) is 0 Å². The van der Waals surface area contributed by atoms with Crippen molar-refractivity contribution in [3.8, 4) is 0 Å². The van der Waals surface area contributed by atoms with E-state index in [1.54, 1.807) is 12.1 Å². The molecule has 0 saturated heterocycles. The zero-order valence-corrected chi connectivity index (χ0v) is 10.9. The van der Waals surface area contributed by atoms with Gasteiger partial charge in [0, 0.05) is 13.1 Å². The topological polar surface area (TPSA) is 29.3 Å². The second-order valence-electron chi connectivity index (χ2n) is 4.34. The van der Waals surface area contributed by atoms with E-state index in [1.165, 1.54) is 18.9 Å². The minimum Gasteiger partial charge on any atom is -0.326 e. The molecule has 0 amide bonds. The lowest BCUT2D eigenvalue weighted by atomic mass is 10.1. The zero-order valence-electron chi connectivity index (χ0n) is 10.9. The third kappa shape index (κ3) is 4.44. The molecule has 0 fully saturated rings. The molecule has 1 rings (SSSR count). The molecule has 2 N–H and O–H groups in total. The van der Waals surface area contributed by atoms with E-state index in [0.29, 0.717) is 6.54 Å². The van der Waals surface area contributed by atoms with E-state index in [0.717, 1.165) is 30.8 Å². The highest BCUT2D eigenvalue weighted by molar-refractivity contribution is 5.27. The minimum atomic E-state index is -0.177. The van der Waals surface area contributed by atoms with Gasteiger partial charge in [-0.05, 0) is 42.8 Å². The zero-order chi connectivity index (χ0) is 12.7. The number of unbranched alkanes of at least 4 members (excludes halogenated alkanes) is 1. The van der Waals surface area contributed by atoms with Gasteiger partial charge in [-0.3, -0.25) is 4.90 Å². The van der Waals surface area contributed by atoms with Crippen LogP contribution < -0.4 is 5.73 Å². The van der Waals surface area contributed by atoms with Crippen LogP contribution in [0, 0.1) is 5.82 Å². The molecule has 1 aromatic carbocycles. The summed E-state index contributed by atoms with van der Waals surface area (Å²) in [5.41, 5.74) is 7.74. The number of benzene rings is 1. The maximum absolute atomic E-state index is 13.2. The van der Waals surface area contributed by atoms with E-state index in [2.05, 4.69) is 18.7 Å². The summed E-state index contributed by atoms with van der Waals surface area (Å²) < 4.78 is 13.2. The van der Waals surface area contributed by atoms with E-state index < -0.39 is 0 Å². The van der Waals surface area contributed by atoms with Crippen molar-refractivity contribution in [2.75, 3.05) is 13.1 Å². The van der Waals surface area contributed by atoms with Crippen LogP contribution in [0.4, 0.5) is 4.39 Å². The highest BCUT2D eigenvalue weighted by Gasteiger charge is 2.08. The molecule has 0 unspecified atom stereocenters. The van der Waals surface area contributed by atoms with Crippen molar-refractivity contribution < 1.29 is 4.39 Å². The maximum atomic E-state index is 13.2. The van der Waals surface area contributed by atoms with Gasteiger partial charge < -0.3 is 5.73 Å². The first-order valence-corrected chi connectivity index (χ1v) is 6.41. The second-order valence-corrected chi connectivity index (χ2v) is 4.34. The minimum absolute atomic E-state index is 0.177. The molecule has 0 spiro atoms. The monoisotopic (exact) mass is 238 g/mol. The Hall–Kier alpha value is -0.930. The van der Waals surface area contributed by atoms with E-state index in [4.69, 9.17) is 5.73 Å². The Morgan fingerprint density at radius 2 is 2.00 bits per heavy atom. The van der Waals surface area contributed by atoms with Gasteiger partial charge in [-0.25, -0.2) is 4.39 Å². The van der Waals surface area contributed by atoms with Crippen LogP contribution in [-0.4, -0.2) is 18.0 Å². The Morgan fingerprint density at radius 3 is 2.59 bits per heavy atom. The van der Waals surface area contributed by atoms with E-state index in [1.807, 2.05) is 0 Å². The molecule has 0 atom stereocenters. The van der Waals surface area contributed by atoms with Crippen molar-refractivity contribution >= 4 is 0 Å². The van der Waals surface area contributed by atoms with Crippen molar-refractivity contribution in [1.82, 2.24) is 4.90 Å². The first-order valence-electron chi connectivity index (χ1n) is 6.41. The van der Waals surface area contributed by atoms with E-state index in [9.17, 15) is 4.39 Å². The summed E-state index contributed by atoms with van der Waals surface area (Å²) in [6, 6.07) is 4.88. The number of nitrogens with zero attached hydrogens (tertiary/aromatic N) is 1. The van der Waals surface area contributed by atoms with E-state index >= 15 is 0 Å². The van der Waals surface area contributed by atoms with E-state index in [-0.39, 0.29) is 5.82 Å². The predicted molar refractivity (Wildman–Crippen MR) is 70.2 cm³/mol. The van der Waals surface area contributed by atoms with Gasteiger partial charge in [-0.1, -0.05) is 26.3 Å².